The van der Waals surface area contributed by atoms with E-state index in [4.69, 9.17) is 4.74 Å². The van der Waals surface area contributed by atoms with Gasteiger partial charge in [-0.1, -0.05) is 12.1 Å². The third-order valence-electron chi connectivity index (χ3n) is 3.62. The van der Waals surface area contributed by atoms with Crippen LogP contribution in [0.15, 0.2) is 30.3 Å². The SMILES string of the molecule is Cc1cccc(OC(C)C(=O)NCCCn2nc(C)cc2C)c1. The molecule has 1 aromatic heterocycles. The molecule has 1 N–H and O–H groups in total. The van der Waals surface area contributed by atoms with Crippen molar-refractivity contribution in [2.45, 2.75) is 46.8 Å². The molecule has 23 heavy (non-hydrogen) atoms. The lowest BCUT2D eigenvalue weighted by Crippen LogP contribution is -2.37. The Kier molecular flexibility index (Phi) is 5.79. The molecule has 5 heteroatoms. The number of nitrogens with zero attached hydrogens (tertiary/aromatic N) is 2. The average molecular weight is 315 g/mol. The molecule has 2 aromatic rings. The van der Waals surface area contributed by atoms with E-state index in [2.05, 4.69) is 16.5 Å². The first kappa shape index (κ1) is 17.1. The zero-order chi connectivity index (χ0) is 16.8. The first-order valence-electron chi connectivity index (χ1n) is 7.98. The van der Waals surface area contributed by atoms with Gasteiger partial charge in [0, 0.05) is 18.8 Å². The van der Waals surface area contributed by atoms with Crippen molar-refractivity contribution in [3.05, 3.63) is 47.3 Å². The van der Waals surface area contributed by atoms with E-state index in [1.165, 1.54) is 0 Å². The second-order valence-electron chi connectivity index (χ2n) is 5.87. The minimum atomic E-state index is -0.509. The van der Waals surface area contributed by atoms with Gasteiger partial charge >= 0.3 is 0 Å². The van der Waals surface area contributed by atoms with Crippen LogP contribution >= 0.6 is 0 Å². The summed E-state index contributed by atoms with van der Waals surface area (Å²) in [6, 6.07) is 9.75. The van der Waals surface area contributed by atoms with Crippen molar-refractivity contribution >= 4 is 5.91 Å². The van der Waals surface area contributed by atoms with Gasteiger partial charge in [0.25, 0.3) is 5.91 Å². The molecule has 124 valence electrons. The summed E-state index contributed by atoms with van der Waals surface area (Å²) in [5.41, 5.74) is 3.27. The maximum Gasteiger partial charge on any atom is 0.260 e. The Hall–Kier alpha value is -2.30. The Labute approximate surface area is 137 Å². The molecule has 0 aliphatic heterocycles. The lowest BCUT2D eigenvalue weighted by atomic mass is 10.2. The lowest BCUT2D eigenvalue weighted by molar-refractivity contribution is -0.127. The van der Waals surface area contributed by atoms with Gasteiger partial charge in [0.05, 0.1) is 5.69 Å². The molecule has 2 rings (SSSR count). The molecule has 0 bridgehead atoms. The standard InChI is InChI=1S/C18H25N3O2/c1-13-7-5-8-17(11-13)23-16(4)18(22)19-9-6-10-21-15(3)12-14(2)20-21/h5,7-8,11-12,16H,6,9-10H2,1-4H3,(H,19,22). The number of carbonyl (C=O) groups excluding carboxylic acids is 1. The van der Waals surface area contributed by atoms with Crippen LogP contribution < -0.4 is 10.1 Å². The van der Waals surface area contributed by atoms with Crippen LogP contribution in [-0.2, 0) is 11.3 Å². The molecule has 0 saturated heterocycles. The van der Waals surface area contributed by atoms with Gasteiger partial charge in [0.2, 0.25) is 0 Å². The van der Waals surface area contributed by atoms with E-state index >= 15 is 0 Å². The summed E-state index contributed by atoms with van der Waals surface area (Å²) in [6.45, 7) is 9.19. The zero-order valence-corrected chi connectivity index (χ0v) is 14.3. The van der Waals surface area contributed by atoms with Crippen molar-refractivity contribution < 1.29 is 9.53 Å². The number of amides is 1. The van der Waals surface area contributed by atoms with Crippen molar-refractivity contribution in [1.82, 2.24) is 15.1 Å². The summed E-state index contributed by atoms with van der Waals surface area (Å²) in [5, 5.41) is 7.31. The molecular weight excluding hydrogens is 290 g/mol. The molecule has 1 unspecified atom stereocenters. The maximum atomic E-state index is 12.1. The van der Waals surface area contributed by atoms with Crippen LogP contribution in [-0.4, -0.2) is 28.3 Å². The molecule has 0 aliphatic rings. The third kappa shape index (κ3) is 5.13. The van der Waals surface area contributed by atoms with Gasteiger partial charge in [-0.3, -0.25) is 9.48 Å². The van der Waals surface area contributed by atoms with Gasteiger partial charge in [-0.2, -0.15) is 5.10 Å². The fourth-order valence-electron chi connectivity index (χ4n) is 2.43. The number of rotatable bonds is 7. The summed E-state index contributed by atoms with van der Waals surface area (Å²) in [6.07, 6.45) is 0.329. The Morgan fingerprint density at radius 1 is 1.30 bits per heavy atom. The minimum absolute atomic E-state index is 0.0973. The van der Waals surface area contributed by atoms with Gasteiger partial charge in [0.15, 0.2) is 6.10 Å². The molecule has 0 radical (unpaired) electrons. The number of benzene rings is 1. The molecule has 1 atom stereocenters. The van der Waals surface area contributed by atoms with E-state index < -0.39 is 6.10 Å². The van der Waals surface area contributed by atoms with E-state index in [-0.39, 0.29) is 5.91 Å². The fourth-order valence-corrected chi connectivity index (χ4v) is 2.43. The van der Waals surface area contributed by atoms with Crippen molar-refractivity contribution in [3.63, 3.8) is 0 Å². The summed E-state index contributed by atoms with van der Waals surface area (Å²) >= 11 is 0. The monoisotopic (exact) mass is 315 g/mol. The van der Waals surface area contributed by atoms with Crippen LogP contribution in [0, 0.1) is 20.8 Å². The van der Waals surface area contributed by atoms with E-state index in [0.717, 1.165) is 35.7 Å². The number of aromatic nitrogens is 2. The predicted octanol–water partition coefficient (Wildman–Crippen LogP) is 2.78. The number of carbonyl (C=O) groups is 1. The normalized spacial score (nSPS) is 12.0. The minimum Gasteiger partial charge on any atom is -0.481 e. The van der Waals surface area contributed by atoms with Crippen LogP contribution in [0.4, 0.5) is 0 Å². The van der Waals surface area contributed by atoms with Gasteiger partial charge in [-0.05, 0) is 57.9 Å². The van der Waals surface area contributed by atoms with Crippen LogP contribution in [0.2, 0.25) is 0 Å². The van der Waals surface area contributed by atoms with Crippen LogP contribution in [0.25, 0.3) is 0 Å². The van der Waals surface area contributed by atoms with E-state index in [1.807, 2.05) is 49.7 Å². The van der Waals surface area contributed by atoms with Gasteiger partial charge in [0.1, 0.15) is 5.75 Å². The molecule has 0 fully saturated rings. The van der Waals surface area contributed by atoms with E-state index in [0.29, 0.717) is 6.54 Å². The van der Waals surface area contributed by atoms with E-state index in [1.54, 1.807) is 6.92 Å². The summed E-state index contributed by atoms with van der Waals surface area (Å²) in [5.74, 6) is 0.621. The number of hydrogen-bond acceptors (Lipinski definition) is 3. The third-order valence-corrected chi connectivity index (χ3v) is 3.62. The highest BCUT2D eigenvalue weighted by Crippen LogP contribution is 2.14. The highest BCUT2D eigenvalue weighted by atomic mass is 16.5. The second kappa shape index (κ2) is 7.81. The fraction of sp³-hybridized carbons (Fsp3) is 0.444. The van der Waals surface area contributed by atoms with Crippen LogP contribution in [0.1, 0.15) is 30.3 Å². The summed E-state index contributed by atoms with van der Waals surface area (Å²) in [4.78, 5) is 12.1. The smallest absolute Gasteiger partial charge is 0.260 e. The Bertz CT molecular complexity index is 664. The van der Waals surface area contributed by atoms with Gasteiger partial charge in [-0.25, -0.2) is 0 Å². The summed E-state index contributed by atoms with van der Waals surface area (Å²) in [7, 11) is 0. The predicted molar refractivity (Wildman–Crippen MR) is 90.6 cm³/mol. The molecule has 1 amide bonds. The van der Waals surface area contributed by atoms with E-state index in [9.17, 15) is 4.79 Å². The van der Waals surface area contributed by atoms with Gasteiger partial charge < -0.3 is 10.1 Å². The highest BCUT2D eigenvalue weighted by molar-refractivity contribution is 5.80. The quantitative estimate of drug-likeness (QED) is 0.799. The first-order valence-corrected chi connectivity index (χ1v) is 7.98. The molecular formula is C18H25N3O2. The van der Waals surface area contributed by atoms with Crippen LogP contribution in [0.5, 0.6) is 5.75 Å². The van der Waals surface area contributed by atoms with Crippen molar-refractivity contribution in [3.8, 4) is 5.75 Å². The lowest BCUT2D eigenvalue weighted by Gasteiger charge is -2.15. The number of aryl methyl sites for hydroxylation is 4. The molecule has 1 aromatic carbocycles. The van der Waals surface area contributed by atoms with Crippen molar-refractivity contribution in [2.24, 2.45) is 0 Å². The molecule has 5 nitrogen and oxygen atoms in total. The maximum absolute atomic E-state index is 12.1. The molecule has 0 spiro atoms. The van der Waals surface area contributed by atoms with Crippen molar-refractivity contribution in [1.29, 1.82) is 0 Å². The largest absolute Gasteiger partial charge is 0.481 e. The number of ether oxygens (including phenoxy) is 1. The van der Waals surface area contributed by atoms with Gasteiger partial charge in [-0.15, -0.1) is 0 Å². The number of hydrogen-bond donors (Lipinski definition) is 1. The Balaban J connectivity index is 1.72. The highest BCUT2D eigenvalue weighted by Gasteiger charge is 2.14. The first-order chi connectivity index (χ1) is 11.0. The summed E-state index contributed by atoms with van der Waals surface area (Å²) < 4.78 is 7.63. The van der Waals surface area contributed by atoms with Crippen molar-refractivity contribution in [2.75, 3.05) is 6.54 Å². The number of nitrogens with one attached hydrogen (secondary N) is 1. The molecule has 0 aliphatic carbocycles. The zero-order valence-electron chi connectivity index (χ0n) is 14.3. The second-order valence-corrected chi connectivity index (χ2v) is 5.87. The molecule has 1 heterocycles. The topological polar surface area (TPSA) is 56.1 Å². The molecule has 0 saturated carbocycles. The van der Waals surface area contributed by atoms with Crippen LogP contribution in [0.3, 0.4) is 0 Å². The average Bonchev–Trinajstić information content (AvgIpc) is 2.81. The Morgan fingerprint density at radius 2 is 2.09 bits per heavy atom. The Morgan fingerprint density at radius 3 is 2.74 bits per heavy atom.